The van der Waals surface area contributed by atoms with Crippen molar-refractivity contribution in [3.05, 3.63) is 36.7 Å². The monoisotopic (exact) mass is 459 g/mol. The van der Waals surface area contributed by atoms with Crippen LogP contribution < -0.4 is 15.1 Å². The highest BCUT2D eigenvalue weighted by Crippen LogP contribution is 2.46. The van der Waals surface area contributed by atoms with Crippen LogP contribution in [0.4, 0.5) is 11.5 Å². The first kappa shape index (κ1) is 21.4. The first-order valence-electron chi connectivity index (χ1n) is 12.2. The highest BCUT2D eigenvalue weighted by Gasteiger charge is 2.50. The Morgan fingerprint density at radius 1 is 1.00 bits per heavy atom. The van der Waals surface area contributed by atoms with Gasteiger partial charge in [0.1, 0.15) is 5.75 Å². The predicted octanol–water partition coefficient (Wildman–Crippen LogP) is 3.57. The molecule has 8 heteroatoms. The molecule has 2 bridgehead atoms. The van der Waals surface area contributed by atoms with Crippen molar-refractivity contribution in [2.45, 2.75) is 56.7 Å². The van der Waals surface area contributed by atoms with Crippen LogP contribution in [0.15, 0.2) is 36.7 Å². The number of likely N-dealkylation sites (N-methyl/N-ethyl adjacent to an activating group) is 1. The van der Waals surface area contributed by atoms with Gasteiger partial charge in [0.05, 0.1) is 17.6 Å². The lowest BCUT2D eigenvalue weighted by atomic mass is 9.84. The molecular formula is C26H33N7O. The normalized spacial score (nSPS) is 28.3. The molecule has 34 heavy (non-hydrogen) atoms. The summed E-state index contributed by atoms with van der Waals surface area (Å²) in [5.41, 5.74) is 4.75. The van der Waals surface area contributed by atoms with Crippen LogP contribution in [-0.4, -0.2) is 62.3 Å². The van der Waals surface area contributed by atoms with Gasteiger partial charge in [-0.15, -0.1) is 10.2 Å². The van der Waals surface area contributed by atoms with E-state index < -0.39 is 0 Å². The molecule has 2 saturated heterocycles. The summed E-state index contributed by atoms with van der Waals surface area (Å²) in [6.45, 7) is 6.64. The van der Waals surface area contributed by atoms with E-state index in [1.807, 2.05) is 25.4 Å². The number of aromatic hydroxyl groups is 1. The van der Waals surface area contributed by atoms with Gasteiger partial charge in [0.2, 0.25) is 0 Å². The predicted molar refractivity (Wildman–Crippen MR) is 134 cm³/mol. The van der Waals surface area contributed by atoms with Crippen LogP contribution in [0.1, 0.15) is 39.5 Å². The molecule has 2 fully saturated rings. The number of nitrogens with zero attached hydrogens (tertiary/aromatic N) is 6. The molecule has 178 valence electrons. The molecule has 0 spiro atoms. The maximum Gasteiger partial charge on any atom is 0.175 e. The second-order valence-electron chi connectivity index (χ2n) is 11.0. The van der Waals surface area contributed by atoms with E-state index in [4.69, 9.17) is 5.10 Å². The quantitative estimate of drug-likeness (QED) is 0.620. The van der Waals surface area contributed by atoms with E-state index in [-0.39, 0.29) is 16.8 Å². The fourth-order valence-corrected chi connectivity index (χ4v) is 6.37. The number of hydrogen-bond acceptors (Lipinski definition) is 7. The number of anilines is 2. The van der Waals surface area contributed by atoms with Crippen LogP contribution in [0.2, 0.25) is 0 Å². The van der Waals surface area contributed by atoms with E-state index in [0.717, 1.165) is 48.6 Å². The molecule has 0 saturated carbocycles. The van der Waals surface area contributed by atoms with Crippen LogP contribution in [0.3, 0.4) is 0 Å². The number of phenols is 1. The number of nitrogens with one attached hydrogen (secondary N) is 1. The zero-order chi connectivity index (χ0) is 23.7. The Bertz CT molecular complexity index is 1240. The third kappa shape index (κ3) is 3.52. The van der Waals surface area contributed by atoms with Gasteiger partial charge in [0.15, 0.2) is 5.82 Å². The lowest BCUT2D eigenvalue weighted by Gasteiger charge is -2.48. The van der Waals surface area contributed by atoms with Crippen LogP contribution in [0.25, 0.3) is 22.4 Å². The van der Waals surface area contributed by atoms with Gasteiger partial charge in [-0.2, -0.15) is 5.10 Å². The van der Waals surface area contributed by atoms with Crippen LogP contribution >= 0.6 is 0 Å². The lowest BCUT2D eigenvalue weighted by molar-refractivity contribution is 0.204. The molecule has 3 aliphatic rings. The van der Waals surface area contributed by atoms with Crippen LogP contribution in [0, 0.1) is 0 Å². The number of aryl methyl sites for hydroxylation is 1. The number of fused-ring (bicyclic) bond motifs is 3. The third-order valence-corrected chi connectivity index (χ3v) is 8.07. The minimum atomic E-state index is 0.196. The Kier molecular flexibility index (Phi) is 4.68. The number of aromatic nitrogens is 4. The molecule has 5 heterocycles. The maximum atomic E-state index is 10.8. The number of hydrogen-bond donors (Lipinski definition) is 2. The van der Waals surface area contributed by atoms with Gasteiger partial charge in [0, 0.05) is 61.6 Å². The zero-order valence-electron chi connectivity index (χ0n) is 20.4. The SMILES string of the molecule is CN1CCN(C2C[C@]3(C)CC[C@](C)(C2)N3)c2nnc(-c3ccc(-c4cnn(C)c4)cc3O)cc21. The van der Waals surface area contributed by atoms with Crippen molar-refractivity contribution >= 4 is 11.5 Å². The van der Waals surface area contributed by atoms with Gasteiger partial charge in [-0.25, -0.2) is 0 Å². The smallest absolute Gasteiger partial charge is 0.175 e. The van der Waals surface area contributed by atoms with Crippen molar-refractivity contribution in [3.8, 4) is 28.1 Å². The summed E-state index contributed by atoms with van der Waals surface area (Å²) in [6, 6.07) is 8.22. The van der Waals surface area contributed by atoms with E-state index in [1.165, 1.54) is 12.8 Å². The first-order chi connectivity index (χ1) is 16.2. The van der Waals surface area contributed by atoms with E-state index in [9.17, 15) is 5.11 Å². The van der Waals surface area contributed by atoms with Gasteiger partial charge < -0.3 is 20.2 Å². The lowest BCUT2D eigenvalue weighted by Crippen LogP contribution is -2.60. The van der Waals surface area contributed by atoms with Crippen molar-refractivity contribution in [3.63, 3.8) is 0 Å². The second-order valence-corrected chi connectivity index (χ2v) is 11.0. The fourth-order valence-electron chi connectivity index (χ4n) is 6.37. The summed E-state index contributed by atoms with van der Waals surface area (Å²) in [7, 11) is 4.00. The zero-order valence-corrected chi connectivity index (χ0v) is 20.4. The Balaban J connectivity index is 1.33. The summed E-state index contributed by atoms with van der Waals surface area (Å²) in [5, 5.41) is 28.3. The first-order valence-corrected chi connectivity index (χ1v) is 12.2. The van der Waals surface area contributed by atoms with E-state index in [0.29, 0.717) is 17.3 Å². The van der Waals surface area contributed by atoms with E-state index in [1.54, 1.807) is 16.9 Å². The number of rotatable bonds is 3. The molecule has 2 N–H and O–H groups in total. The van der Waals surface area contributed by atoms with Crippen molar-refractivity contribution in [2.24, 2.45) is 7.05 Å². The van der Waals surface area contributed by atoms with Crippen LogP contribution in [0.5, 0.6) is 5.75 Å². The maximum absolute atomic E-state index is 10.8. The molecule has 3 aliphatic heterocycles. The van der Waals surface area contributed by atoms with Gasteiger partial charge in [-0.3, -0.25) is 4.68 Å². The molecule has 6 rings (SSSR count). The summed E-state index contributed by atoms with van der Waals surface area (Å²) >= 11 is 0. The minimum absolute atomic E-state index is 0.196. The Morgan fingerprint density at radius 3 is 2.44 bits per heavy atom. The largest absolute Gasteiger partial charge is 0.507 e. The van der Waals surface area contributed by atoms with E-state index >= 15 is 0 Å². The van der Waals surface area contributed by atoms with Crippen molar-refractivity contribution in [1.29, 1.82) is 0 Å². The number of phenolic OH excluding ortho intramolecular Hbond substituents is 1. The van der Waals surface area contributed by atoms with Gasteiger partial charge >= 0.3 is 0 Å². The molecule has 8 nitrogen and oxygen atoms in total. The highest BCUT2D eigenvalue weighted by atomic mass is 16.3. The molecule has 0 amide bonds. The number of benzene rings is 1. The number of piperidine rings is 1. The van der Waals surface area contributed by atoms with Crippen LogP contribution in [-0.2, 0) is 7.05 Å². The summed E-state index contributed by atoms with van der Waals surface area (Å²) in [4.78, 5) is 4.74. The average Bonchev–Trinajstić information content (AvgIpc) is 3.33. The molecule has 0 aliphatic carbocycles. The molecule has 1 unspecified atom stereocenters. The third-order valence-electron chi connectivity index (χ3n) is 8.07. The standard InChI is InChI=1S/C26H33N7O/c1-25-7-8-26(2,30-25)14-19(13-25)33-10-9-31(3)22-12-21(28-29-24(22)33)20-6-5-17(11-23(20)34)18-15-27-32(4)16-18/h5-6,11-12,15-16,19,30,34H,7-10,13-14H2,1-4H3/t19?,25-,26+. The summed E-state index contributed by atoms with van der Waals surface area (Å²) in [5.74, 6) is 1.16. The topological polar surface area (TPSA) is 82.3 Å². The van der Waals surface area contributed by atoms with Gasteiger partial charge in [0.25, 0.3) is 0 Å². The Morgan fingerprint density at radius 2 is 1.76 bits per heavy atom. The average molecular weight is 460 g/mol. The Labute approximate surface area is 200 Å². The van der Waals surface area contributed by atoms with Crippen molar-refractivity contribution in [1.82, 2.24) is 25.3 Å². The molecule has 2 aromatic heterocycles. The summed E-state index contributed by atoms with van der Waals surface area (Å²) < 4.78 is 1.76. The fraction of sp³-hybridized carbons (Fsp3) is 0.500. The van der Waals surface area contributed by atoms with Gasteiger partial charge in [-0.1, -0.05) is 6.07 Å². The van der Waals surface area contributed by atoms with E-state index in [2.05, 4.69) is 52.3 Å². The molecule has 1 aromatic carbocycles. The molecule has 0 radical (unpaired) electrons. The summed E-state index contributed by atoms with van der Waals surface area (Å²) in [6.07, 6.45) is 8.46. The molecular weight excluding hydrogens is 426 g/mol. The minimum Gasteiger partial charge on any atom is -0.507 e. The van der Waals surface area contributed by atoms with Crippen molar-refractivity contribution in [2.75, 3.05) is 29.9 Å². The second kappa shape index (κ2) is 7.43. The Hall–Kier alpha value is -3.13. The highest BCUT2D eigenvalue weighted by molar-refractivity contribution is 5.79. The molecule has 3 atom stereocenters. The molecule has 3 aromatic rings. The van der Waals surface area contributed by atoms with Crippen molar-refractivity contribution < 1.29 is 5.11 Å². The van der Waals surface area contributed by atoms with Gasteiger partial charge in [-0.05, 0) is 63.3 Å².